The molecule has 1 amide bonds. The normalized spacial score (nSPS) is 16.0. The van der Waals surface area contributed by atoms with E-state index < -0.39 is 6.04 Å². The molecule has 1 saturated heterocycles. The molecular formula is C17H19ClIN5O. The van der Waals surface area contributed by atoms with Gasteiger partial charge in [0.25, 0.3) is 0 Å². The molecule has 0 bridgehead atoms. The molecule has 0 spiro atoms. The van der Waals surface area contributed by atoms with Crippen molar-refractivity contribution in [1.29, 1.82) is 0 Å². The van der Waals surface area contributed by atoms with Crippen LogP contribution in [0.4, 0.5) is 5.82 Å². The number of halogens is 2. The van der Waals surface area contributed by atoms with Crippen LogP contribution in [0.25, 0.3) is 0 Å². The molecule has 0 aliphatic carbocycles. The molecule has 1 atom stereocenters. The molecule has 2 heterocycles. The summed E-state index contributed by atoms with van der Waals surface area (Å²) in [4.78, 5) is 25.0. The average Bonchev–Trinajstić information content (AvgIpc) is 2.63. The molecule has 1 aliphatic heterocycles. The summed E-state index contributed by atoms with van der Waals surface area (Å²) in [5, 5.41) is 0.680. The number of carbonyl (C=O) groups is 1. The van der Waals surface area contributed by atoms with Gasteiger partial charge in [-0.15, -0.1) is 0 Å². The Bertz CT molecular complexity index is 734. The second-order valence-corrected chi connectivity index (χ2v) is 7.54. The standard InChI is InChI=1S/C17H19ClIN5O/c18-13-3-1-12(2-4-13)9-15(20)17(25)24-7-5-23(6-8-24)16-14(19)10-21-11-22-16/h1-4,10-11,15H,5-9,20H2/t15-/m1/s1. The zero-order chi connectivity index (χ0) is 17.8. The molecule has 132 valence electrons. The number of nitrogens with two attached hydrogens (primary N) is 1. The van der Waals surface area contributed by atoms with E-state index in [4.69, 9.17) is 17.3 Å². The monoisotopic (exact) mass is 471 g/mol. The number of rotatable bonds is 4. The number of anilines is 1. The van der Waals surface area contributed by atoms with E-state index in [1.807, 2.05) is 29.2 Å². The van der Waals surface area contributed by atoms with Crippen molar-refractivity contribution in [2.45, 2.75) is 12.5 Å². The van der Waals surface area contributed by atoms with Gasteiger partial charge >= 0.3 is 0 Å². The van der Waals surface area contributed by atoms with Gasteiger partial charge in [0.1, 0.15) is 12.1 Å². The number of carbonyl (C=O) groups excluding carboxylic acids is 1. The van der Waals surface area contributed by atoms with Crippen LogP contribution < -0.4 is 10.6 Å². The van der Waals surface area contributed by atoms with Gasteiger partial charge in [-0.05, 0) is 46.7 Å². The Kier molecular flexibility index (Phi) is 6.08. The predicted octanol–water partition coefficient (Wildman–Crippen LogP) is 1.95. The maximum atomic E-state index is 12.6. The summed E-state index contributed by atoms with van der Waals surface area (Å²) in [5.74, 6) is 0.917. The van der Waals surface area contributed by atoms with Crippen molar-refractivity contribution < 1.29 is 4.79 Å². The summed E-state index contributed by atoms with van der Waals surface area (Å²) in [5.41, 5.74) is 7.14. The van der Waals surface area contributed by atoms with E-state index in [1.165, 1.54) is 0 Å². The number of amides is 1. The molecule has 2 aromatic rings. The second kappa shape index (κ2) is 8.29. The third kappa shape index (κ3) is 4.59. The van der Waals surface area contributed by atoms with Gasteiger partial charge in [-0.2, -0.15) is 0 Å². The predicted molar refractivity (Wildman–Crippen MR) is 107 cm³/mol. The fourth-order valence-corrected chi connectivity index (χ4v) is 3.64. The molecule has 3 rings (SSSR count). The first-order valence-corrected chi connectivity index (χ1v) is 9.49. The molecule has 0 saturated carbocycles. The van der Waals surface area contributed by atoms with Crippen LogP contribution in [-0.4, -0.2) is 53.0 Å². The summed E-state index contributed by atoms with van der Waals surface area (Å²) in [6.07, 6.45) is 3.86. The zero-order valence-electron chi connectivity index (χ0n) is 13.6. The number of aromatic nitrogens is 2. The van der Waals surface area contributed by atoms with Gasteiger partial charge in [-0.3, -0.25) is 4.79 Å². The minimum absolute atomic E-state index is 0.00742. The van der Waals surface area contributed by atoms with Crippen LogP contribution in [-0.2, 0) is 11.2 Å². The van der Waals surface area contributed by atoms with Gasteiger partial charge in [-0.25, -0.2) is 9.97 Å². The lowest BCUT2D eigenvalue weighted by Crippen LogP contribution is -2.54. The highest BCUT2D eigenvalue weighted by Gasteiger charge is 2.26. The van der Waals surface area contributed by atoms with Crippen LogP contribution in [0.15, 0.2) is 36.8 Å². The largest absolute Gasteiger partial charge is 0.352 e. The Labute approximate surface area is 165 Å². The fourth-order valence-electron chi connectivity index (χ4n) is 2.87. The first-order valence-electron chi connectivity index (χ1n) is 8.04. The van der Waals surface area contributed by atoms with E-state index in [2.05, 4.69) is 37.5 Å². The topological polar surface area (TPSA) is 75.4 Å². The third-order valence-electron chi connectivity index (χ3n) is 4.23. The van der Waals surface area contributed by atoms with Gasteiger partial charge in [0.2, 0.25) is 5.91 Å². The van der Waals surface area contributed by atoms with Crippen LogP contribution in [0.5, 0.6) is 0 Å². The van der Waals surface area contributed by atoms with E-state index in [9.17, 15) is 4.79 Å². The van der Waals surface area contributed by atoms with E-state index >= 15 is 0 Å². The van der Waals surface area contributed by atoms with E-state index in [-0.39, 0.29) is 5.91 Å². The highest BCUT2D eigenvalue weighted by Crippen LogP contribution is 2.20. The lowest BCUT2D eigenvalue weighted by molar-refractivity contribution is -0.132. The maximum absolute atomic E-state index is 12.6. The molecule has 0 radical (unpaired) electrons. The molecule has 0 unspecified atom stereocenters. The van der Waals surface area contributed by atoms with Gasteiger partial charge in [0.05, 0.1) is 9.61 Å². The highest BCUT2D eigenvalue weighted by atomic mass is 127. The number of piperazine rings is 1. The van der Waals surface area contributed by atoms with Crippen molar-refractivity contribution in [2.24, 2.45) is 5.73 Å². The number of hydrogen-bond donors (Lipinski definition) is 1. The SMILES string of the molecule is N[C@H](Cc1ccc(Cl)cc1)C(=O)N1CCN(c2ncncc2I)CC1. The molecular weight excluding hydrogens is 453 g/mol. The van der Waals surface area contributed by atoms with Crippen LogP contribution in [0.3, 0.4) is 0 Å². The molecule has 1 fully saturated rings. The zero-order valence-corrected chi connectivity index (χ0v) is 16.5. The first-order chi connectivity index (χ1) is 12.0. The lowest BCUT2D eigenvalue weighted by atomic mass is 10.1. The van der Waals surface area contributed by atoms with Crippen LogP contribution in [0.1, 0.15) is 5.56 Å². The van der Waals surface area contributed by atoms with Crippen LogP contribution in [0.2, 0.25) is 5.02 Å². The van der Waals surface area contributed by atoms with Crippen molar-refractivity contribution in [3.8, 4) is 0 Å². The summed E-state index contributed by atoms with van der Waals surface area (Å²) >= 11 is 8.12. The summed E-state index contributed by atoms with van der Waals surface area (Å²) in [6, 6.07) is 6.91. The van der Waals surface area contributed by atoms with Gasteiger partial charge in [-0.1, -0.05) is 23.7 Å². The molecule has 1 aromatic heterocycles. The van der Waals surface area contributed by atoms with Crippen molar-refractivity contribution in [3.05, 3.63) is 50.9 Å². The Hall–Kier alpha value is -1.45. The summed E-state index contributed by atoms with van der Waals surface area (Å²) in [7, 11) is 0. The van der Waals surface area contributed by atoms with Gasteiger partial charge < -0.3 is 15.5 Å². The molecule has 1 aromatic carbocycles. The number of hydrogen-bond acceptors (Lipinski definition) is 5. The Morgan fingerprint density at radius 2 is 1.92 bits per heavy atom. The minimum atomic E-state index is -0.535. The molecule has 8 heteroatoms. The number of nitrogens with zero attached hydrogens (tertiary/aromatic N) is 4. The van der Waals surface area contributed by atoms with E-state index in [1.54, 1.807) is 12.5 Å². The Balaban J connectivity index is 1.56. The number of benzene rings is 1. The fraction of sp³-hybridized carbons (Fsp3) is 0.353. The van der Waals surface area contributed by atoms with Gasteiger partial charge in [0.15, 0.2) is 0 Å². The third-order valence-corrected chi connectivity index (χ3v) is 5.24. The van der Waals surface area contributed by atoms with Crippen molar-refractivity contribution in [1.82, 2.24) is 14.9 Å². The Morgan fingerprint density at radius 1 is 1.24 bits per heavy atom. The summed E-state index contributed by atoms with van der Waals surface area (Å²) in [6.45, 7) is 2.78. The molecule has 6 nitrogen and oxygen atoms in total. The highest BCUT2D eigenvalue weighted by molar-refractivity contribution is 14.1. The van der Waals surface area contributed by atoms with Crippen molar-refractivity contribution >= 4 is 45.9 Å². The van der Waals surface area contributed by atoms with E-state index in [0.717, 1.165) is 28.0 Å². The molecule has 1 aliphatic rings. The van der Waals surface area contributed by atoms with Crippen molar-refractivity contribution in [2.75, 3.05) is 31.1 Å². The van der Waals surface area contributed by atoms with Crippen molar-refractivity contribution in [3.63, 3.8) is 0 Å². The van der Waals surface area contributed by atoms with E-state index in [0.29, 0.717) is 24.5 Å². The average molecular weight is 472 g/mol. The smallest absolute Gasteiger partial charge is 0.239 e. The quantitative estimate of drug-likeness (QED) is 0.690. The summed E-state index contributed by atoms with van der Waals surface area (Å²) < 4.78 is 1.01. The second-order valence-electron chi connectivity index (χ2n) is 5.94. The first kappa shape index (κ1) is 18.3. The lowest BCUT2D eigenvalue weighted by Gasteiger charge is -2.36. The van der Waals surface area contributed by atoms with Gasteiger partial charge in [0, 0.05) is 37.4 Å². The van der Waals surface area contributed by atoms with Crippen LogP contribution >= 0.6 is 34.2 Å². The maximum Gasteiger partial charge on any atom is 0.239 e. The Morgan fingerprint density at radius 3 is 2.56 bits per heavy atom. The minimum Gasteiger partial charge on any atom is -0.352 e. The molecule has 25 heavy (non-hydrogen) atoms. The molecule has 2 N–H and O–H groups in total. The van der Waals surface area contributed by atoms with Crippen LogP contribution in [0, 0.1) is 3.57 Å².